The lowest BCUT2D eigenvalue weighted by Gasteiger charge is -2.14. The van der Waals surface area contributed by atoms with Crippen LogP contribution in [0.4, 0.5) is 0 Å². The van der Waals surface area contributed by atoms with E-state index >= 15 is 0 Å². The van der Waals surface area contributed by atoms with Gasteiger partial charge >= 0.3 is 0 Å². The Bertz CT molecular complexity index is 715. The Morgan fingerprint density at radius 2 is 2.24 bits per heavy atom. The van der Waals surface area contributed by atoms with Crippen molar-refractivity contribution in [2.24, 2.45) is 11.7 Å². The minimum absolute atomic E-state index is 0.0598. The van der Waals surface area contributed by atoms with Crippen LogP contribution in [-0.4, -0.2) is 33.9 Å². The zero-order chi connectivity index (χ0) is 15.1. The summed E-state index contributed by atoms with van der Waals surface area (Å²) in [5.41, 5.74) is 6.51. The van der Waals surface area contributed by atoms with Crippen molar-refractivity contribution in [3.63, 3.8) is 0 Å². The van der Waals surface area contributed by atoms with Gasteiger partial charge in [0.15, 0.2) is 0 Å². The molecule has 0 radical (unpaired) electrons. The molecule has 0 aliphatic carbocycles. The van der Waals surface area contributed by atoms with Crippen LogP contribution >= 0.6 is 22.9 Å². The van der Waals surface area contributed by atoms with Gasteiger partial charge in [-0.3, -0.25) is 9.69 Å². The topological polar surface area (TPSA) is 72.1 Å². The van der Waals surface area contributed by atoms with Crippen molar-refractivity contribution >= 4 is 39.1 Å². The Balaban J connectivity index is 1.84. The van der Waals surface area contributed by atoms with Crippen LogP contribution in [-0.2, 0) is 11.3 Å². The van der Waals surface area contributed by atoms with Crippen molar-refractivity contribution in [2.75, 3.05) is 13.1 Å². The zero-order valence-corrected chi connectivity index (χ0v) is 13.6. The molecule has 112 valence electrons. The summed E-state index contributed by atoms with van der Waals surface area (Å²) in [6.07, 6.45) is 0.808. The van der Waals surface area contributed by atoms with E-state index in [0.717, 1.165) is 28.7 Å². The van der Waals surface area contributed by atoms with Crippen LogP contribution < -0.4 is 5.73 Å². The van der Waals surface area contributed by atoms with Gasteiger partial charge in [-0.2, -0.15) is 0 Å². The van der Waals surface area contributed by atoms with Crippen LogP contribution in [0.25, 0.3) is 10.2 Å². The molecule has 1 aliphatic rings. The number of nitrogens with two attached hydrogens (primary N) is 1. The number of hydrogen-bond donors (Lipinski definition) is 1. The number of halogens is 1. The average Bonchev–Trinajstić information content (AvgIpc) is 2.96. The van der Waals surface area contributed by atoms with Gasteiger partial charge in [-0.25, -0.2) is 9.97 Å². The maximum absolute atomic E-state index is 11.2. The van der Waals surface area contributed by atoms with Crippen molar-refractivity contribution in [1.82, 2.24) is 14.9 Å². The van der Waals surface area contributed by atoms with Gasteiger partial charge in [0, 0.05) is 11.4 Å². The third-order valence-electron chi connectivity index (χ3n) is 4.07. The second-order valence-corrected chi connectivity index (χ2v) is 7.08. The van der Waals surface area contributed by atoms with Crippen LogP contribution in [0, 0.1) is 19.8 Å². The lowest BCUT2D eigenvalue weighted by Crippen LogP contribution is -2.27. The van der Waals surface area contributed by atoms with Crippen molar-refractivity contribution < 1.29 is 4.79 Å². The van der Waals surface area contributed by atoms with Crippen molar-refractivity contribution in [3.05, 3.63) is 21.4 Å². The fraction of sp³-hybridized carbons (Fsp3) is 0.500. The molecule has 0 saturated carbocycles. The van der Waals surface area contributed by atoms with E-state index in [-0.39, 0.29) is 11.8 Å². The van der Waals surface area contributed by atoms with E-state index in [9.17, 15) is 4.79 Å². The molecule has 0 aromatic carbocycles. The first-order valence-electron chi connectivity index (χ1n) is 6.89. The van der Waals surface area contributed by atoms with Crippen LogP contribution in [0.3, 0.4) is 0 Å². The number of likely N-dealkylation sites (tertiary alicyclic amines) is 1. The first kappa shape index (κ1) is 14.7. The number of rotatable bonds is 3. The van der Waals surface area contributed by atoms with Crippen LogP contribution in [0.15, 0.2) is 0 Å². The molecule has 1 fully saturated rings. The van der Waals surface area contributed by atoms with Gasteiger partial charge in [0.1, 0.15) is 15.8 Å². The number of hydrogen-bond acceptors (Lipinski definition) is 5. The molecule has 2 aromatic rings. The third-order valence-corrected chi connectivity index (χ3v) is 5.45. The molecule has 5 nitrogen and oxygen atoms in total. The Morgan fingerprint density at radius 1 is 1.48 bits per heavy atom. The van der Waals surface area contributed by atoms with E-state index in [0.29, 0.717) is 24.1 Å². The fourth-order valence-corrected chi connectivity index (χ4v) is 4.15. The minimum Gasteiger partial charge on any atom is -0.369 e. The predicted molar refractivity (Wildman–Crippen MR) is 84.5 cm³/mol. The zero-order valence-electron chi connectivity index (χ0n) is 12.0. The molecular weight excluding hydrogens is 308 g/mol. The average molecular weight is 325 g/mol. The number of nitrogens with zero attached hydrogens (tertiary/aromatic N) is 3. The highest BCUT2D eigenvalue weighted by Gasteiger charge is 2.27. The molecule has 21 heavy (non-hydrogen) atoms. The Kier molecular flexibility index (Phi) is 3.86. The van der Waals surface area contributed by atoms with Gasteiger partial charge < -0.3 is 5.73 Å². The van der Waals surface area contributed by atoms with Crippen LogP contribution in [0.2, 0.25) is 5.15 Å². The Morgan fingerprint density at radius 3 is 2.90 bits per heavy atom. The fourth-order valence-electron chi connectivity index (χ4n) is 2.72. The molecular formula is C14H17ClN4OS. The molecule has 7 heteroatoms. The first-order chi connectivity index (χ1) is 9.95. The molecule has 3 heterocycles. The highest BCUT2D eigenvalue weighted by atomic mass is 35.5. The van der Waals surface area contributed by atoms with E-state index in [1.807, 2.05) is 6.92 Å². The number of amides is 1. The molecule has 1 unspecified atom stereocenters. The summed E-state index contributed by atoms with van der Waals surface area (Å²) >= 11 is 7.95. The van der Waals surface area contributed by atoms with E-state index in [2.05, 4.69) is 21.8 Å². The lowest BCUT2D eigenvalue weighted by atomic mass is 10.1. The van der Waals surface area contributed by atoms with Crippen molar-refractivity contribution in [1.29, 1.82) is 0 Å². The number of aromatic nitrogens is 2. The number of aryl methyl sites for hydroxylation is 2. The molecule has 3 rings (SSSR count). The van der Waals surface area contributed by atoms with Gasteiger partial charge in [-0.05, 0) is 32.4 Å². The van der Waals surface area contributed by atoms with Gasteiger partial charge in [-0.15, -0.1) is 11.3 Å². The number of primary amides is 1. The smallest absolute Gasteiger partial charge is 0.221 e. The largest absolute Gasteiger partial charge is 0.369 e. The third kappa shape index (κ3) is 2.75. The van der Waals surface area contributed by atoms with Gasteiger partial charge in [0.05, 0.1) is 17.8 Å². The predicted octanol–water partition coefficient (Wildman–Crippen LogP) is 2.27. The monoisotopic (exact) mass is 324 g/mol. The van der Waals surface area contributed by atoms with Crippen LogP contribution in [0.5, 0.6) is 0 Å². The van der Waals surface area contributed by atoms with Gasteiger partial charge in [0.2, 0.25) is 5.91 Å². The molecule has 1 saturated heterocycles. The highest BCUT2D eigenvalue weighted by Crippen LogP contribution is 2.33. The van der Waals surface area contributed by atoms with Crippen LogP contribution in [0.1, 0.15) is 22.7 Å². The maximum atomic E-state index is 11.2. The van der Waals surface area contributed by atoms with Gasteiger partial charge in [0.25, 0.3) is 0 Å². The SMILES string of the molecule is Cc1sc2nc(CN3CCC(C(N)=O)C3)nc(Cl)c2c1C. The van der Waals surface area contributed by atoms with Crippen molar-refractivity contribution in [2.45, 2.75) is 26.8 Å². The summed E-state index contributed by atoms with van der Waals surface area (Å²) in [4.78, 5) is 24.5. The summed E-state index contributed by atoms with van der Waals surface area (Å²) in [6.45, 7) is 6.23. The van der Waals surface area contributed by atoms with E-state index in [1.54, 1.807) is 11.3 Å². The number of thiophene rings is 1. The summed E-state index contributed by atoms with van der Waals surface area (Å²) in [5.74, 6) is 0.422. The number of carbonyl (C=O) groups excluding carboxylic acids is 1. The molecule has 2 aromatic heterocycles. The molecule has 1 amide bonds. The quantitative estimate of drug-likeness (QED) is 0.879. The van der Waals surface area contributed by atoms with Crippen molar-refractivity contribution in [3.8, 4) is 0 Å². The first-order valence-corrected chi connectivity index (χ1v) is 8.09. The Labute approximate surface area is 132 Å². The van der Waals surface area contributed by atoms with Gasteiger partial charge in [-0.1, -0.05) is 11.6 Å². The minimum atomic E-state index is -0.226. The molecule has 1 atom stereocenters. The summed E-state index contributed by atoms with van der Waals surface area (Å²) in [7, 11) is 0. The Hall–Kier alpha value is -1.24. The lowest BCUT2D eigenvalue weighted by molar-refractivity contribution is -0.121. The van der Waals surface area contributed by atoms with E-state index < -0.39 is 0 Å². The summed E-state index contributed by atoms with van der Waals surface area (Å²) in [5, 5.41) is 1.47. The molecule has 0 spiro atoms. The second-order valence-electron chi connectivity index (χ2n) is 5.52. The molecule has 1 aliphatic heterocycles. The maximum Gasteiger partial charge on any atom is 0.221 e. The normalized spacial score (nSPS) is 19.5. The highest BCUT2D eigenvalue weighted by molar-refractivity contribution is 7.18. The standard InChI is InChI=1S/C14H17ClN4OS/c1-7-8(2)21-14-11(7)12(15)17-10(18-14)6-19-4-3-9(5-19)13(16)20/h9H,3-6H2,1-2H3,(H2,16,20). The molecule has 2 N–H and O–H groups in total. The molecule has 0 bridgehead atoms. The summed E-state index contributed by atoms with van der Waals surface area (Å²) in [6, 6.07) is 0. The van der Waals surface area contributed by atoms with E-state index in [4.69, 9.17) is 17.3 Å². The number of carbonyl (C=O) groups is 1. The second kappa shape index (κ2) is 5.51. The number of fused-ring (bicyclic) bond motifs is 1. The van der Waals surface area contributed by atoms with E-state index in [1.165, 1.54) is 4.88 Å². The summed E-state index contributed by atoms with van der Waals surface area (Å²) < 4.78 is 0.